The van der Waals surface area contributed by atoms with Crippen molar-refractivity contribution >= 4 is 5.96 Å². The van der Waals surface area contributed by atoms with Crippen LogP contribution in [0.15, 0.2) is 29.3 Å². The molecule has 0 radical (unpaired) electrons. The monoisotopic (exact) mass is 299 g/mol. The highest BCUT2D eigenvalue weighted by molar-refractivity contribution is 5.80. The van der Waals surface area contributed by atoms with Gasteiger partial charge in [0.15, 0.2) is 5.96 Å². The summed E-state index contributed by atoms with van der Waals surface area (Å²) in [6.07, 6.45) is 6.40. The maximum absolute atomic E-state index is 4.55. The van der Waals surface area contributed by atoms with Crippen molar-refractivity contribution < 1.29 is 0 Å². The molecule has 1 heterocycles. The molecule has 3 nitrogen and oxygen atoms in total. The molecule has 1 saturated carbocycles. The molecule has 3 rings (SSSR count). The van der Waals surface area contributed by atoms with Gasteiger partial charge in [-0.15, -0.1) is 0 Å². The second kappa shape index (κ2) is 6.72. The van der Waals surface area contributed by atoms with Gasteiger partial charge in [0.05, 0.1) is 0 Å². The molecular formula is C19H29N3. The zero-order chi connectivity index (χ0) is 15.4. The molecule has 2 aliphatic rings. The molecule has 1 fully saturated rings. The number of benzene rings is 1. The lowest BCUT2D eigenvalue weighted by molar-refractivity contribution is 0.430. The lowest BCUT2D eigenvalue weighted by Crippen LogP contribution is -2.46. The van der Waals surface area contributed by atoms with Gasteiger partial charge in [-0.3, -0.25) is 4.99 Å². The Morgan fingerprint density at radius 3 is 2.45 bits per heavy atom. The Morgan fingerprint density at radius 2 is 1.86 bits per heavy atom. The van der Waals surface area contributed by atoms with Crippen LogP contribution >= 0.6 is 0 Å². The molecule has 0 unspecified atom stereocenters. The summed E-state index contributed by atoms with van der Waals surface area (Å²) >= 11 is 0. The van der Waals surface area contributed by atoms with Gasteiger partial charge in [-0.05, 0) is 36.3 Å². The molecule has 0 aromatic heterocycles. The average Bonchev–Trinajstić information content (AvgIpc) is 3.04. The molecule has 0 bridgehead atoms. The van der Waals surface area contributed by atoms with E-state index in [1.54, 1.807) is 0 Å². The van der Waals surface area contributed by atoms with Crippen molar-refractivity contribution in [3.8, 4) is 0 Å². The van der Waals surface area contributed by atoms with Crippen LogP contribution in [0.5, 0.6) is 0 Å². The smallest absolute Gasteiger partial charge is 0.191 e. The summed E-state index contributed by atoms with van der Waals surface area (Å²) in [4.78, 5) is 4.55. The van der Waals surface area contributed by atoms with Gasteiger partial charge in [0.25, 0.3) is 0 Å². The second-order valence-electron chi connectivity index (χ2n) is 7.13. The third-order valence-corrected chi connectivity index (χ3v) is 5.24. The minimum Gasteiger partial charge on any atom is -0.356 e. The molecule has 1 aromatic rings. The van der Waals surface area contributed by atoms with Crippen molar-refractivity contribution in [3.05, 3.63) is 35.4 Å². The molecule has 2 N–H and O–H groups in total. The van der Waals surface area contributed by atoms with Gasteiger partial charge in [0.2, 0.25) is 0 Å². The second-order valence-corrected chi connectivity index (χ2v) is 7.13. The fourth-order valence-electron chi connectivity index (χ4n) is 3.74. The highest BCUT2D eigenvalue weighted by Gasteiger charge is 2.35. The van der Waals surface area contributed by atoms with Crippen molar-refractivity contribution in [2.45, 2.75) is 57.3 Å². The van der Waals surface area contributed by atoms with E-state index in [0.717, 1.165) is 32.0 Å². The van der Waals surface area contributed by atoms with Crippen LogP contribution in [0.3, 0.4) is 0 Å². The van der Waals surface area contributed by atoms with Crippen LogP contribution in [0.25, 0.3) is 0 Å². The molecule has 1 aliphatic carbocycles. The van der Waals surface area contributed by atoms with E-state index in [4.69, 9.17) is 0 Å². The Kier molecular flexibility index (Phi) is 4.70. The zero-order valence-electron chi connectivity index (χ0n) is 14.0. The van der Waals surface area contributed by atoms with Gasteiger partial charge in [-0.1, -0.05) is 51.0 Å². The van der Waals surface area contributed by atoms with Crippen LogP contribution < -0.4 is 10.6 Å². The van der Waals surface area contributed by atoms with Gasteiger partial charge >= 0.3 is 0 Å². The summed E-state index contributed by atoms with van der Waals surface area (Å²) in [6.45, 7) is 7.51. The first kappa shape index (κ1) is 15.4. The highest BCUT2D eigenvalue weighted by atomic mass is 15.2. The minimum atomic E-state index is 0.289. The predicted molar refractivity (Wildman–Crippen MR) is 93.6 cm³/mol. The number of guanidine groups is 1. The molecule has 0 amide bonds. The van der Waals surface area contributed by atoms with Gasteiger partial charge in [0.1, 0.15) is 0 Å². The molecule has 0 spiro atoms. The number of hydrogen-bond acceptors (Lipinski definition) is 3. The third-order valence-electron chi connectivity index (χ3n) is 5.24. The van der Waals surface area contributed by atoms with Crippen molar-refractivity contribution in [1.82, 2.24) is 10.6 Å². The number of hydrogen-bond donors (Lipinski definition) is 2. The first-order valence-electron chi connectivity index (χ1n) is 8.82. The maximum atomic E-state index is 4.55. The van der Waals surface area contributed by atoms with E-state index >= 15 is 0 Å². The van der Waals surface area contributed by atoms with Gasteiger partial charge in [-0.2, -0.15) is 0 Å². The predicted octanol–water partition coefficient (Wildman–Crippen LogP) is 3.56. The van der Waals surface area contributed by atoms with E-state index < -0.39 is 0 Å². The fourth-order valence-corrected chi connectivity index (χ4v) is 3.74. The molecule has 0 saturated heterocycles. The summed E-state index contributed by atoms with van der Waals surface area (Å²) in [7, 11) is 0. The molecule has 3 heteroatoms. The largest absolute Gasteiger partial charge is 0.356 e. The molecule has 120 valence electrons. The van der Waals surface area contributed by atoms with Crippen LogP contribution in [0.1, 0.15) is 63.0 Å². The Bertz CT molecular complexity index is 510. The van der Waals surface area contributed by atoms with Crippen LogP contribution in [0.4, 0.5) is 0 Å². The maximum Gasteiger partial charge on any atom is 0.191 e. The van der Waals surface area contributed by atoms with Crippen molar-refractivity contribution in [2.24, 2.45) is 4.99 Å². The number of rotatable bonds is 4. The summed E-state index contributed by atoms with van der Waals surface area (Å²) < 4.78 is 0. The van der Waals surface area contributed by atoms with E-state index in [0.29, 0.717) is 5.92 Å². The van der Waals surface area contributed by atoms with Gasteiger partial charge < -0.3 is 10.6 Å². The van der Waals surface area contributed by atoms with Crippen LogP contribution in [-0.4, -0.2) is 25.6 Å². The van der Waals surface area contributed by atoms with Gasteiger partial charge in [0, 0.05) is 25.0 Å². The molecule has 1 aliphatic heterocycles. The summed E-state index contributed by atoms with van der Waals surface area (Å²) in [5.41, 5.74) is 3.22. The van der Waals surface area contributed by atoms with Crippen LogP contribution in [0, 0.1) is 0 Å². The van der Waals surface area contributed by atoms with E-state index in [1.165, 1.54) is 36.8 Å². The van der Waals surface area contributed by atoms with Crippen LogP contribution in [0.2, 0.25) is 0 Å². The Labute approximate surface area is 134 Å². The Morgan fingerprint density at radius 1 is 1.14 bits per heavy atom. The topological polar surface area (TPSA) is 36.4 Å². The van der Waals surface area contributed by atoms with Crippen LogP contribution in [-0.2, 0) is 5.41 Å². The van der Waals surface area contributed by atoms with E-state index in [1.807, 2.05) is 0 Å². The third kappa shape index (κ3) is 3.29. The van der Waals surface area contributed by atoms with E-state index in [9.17, 15) is 0 Å². The summed E-state index contributed by atoms with van der Waals surface area (Å²) in [6, 6.07) is 9.35. The first-order chi connectivity index (χ1) is 10.7. The quantitative estimate of drug-likeness (QED) is 0.892. The minimum absolute atomic E-state index is 0.289. The standard InChI is InChI=1S/C19H29N3/c1-15(2)16-6-8-17(9-7-16)19(10-3-4-11-19)14-22-18-20-12-5-13-21-18/h6-9,15H,3-5,10-14H2,1-2H3,(H2,20,21,22). The SMILES string of the molecule is CC(C)c1ccc(C2(CNC3=NCCCN3)CCCC2)cc1. The summed E-state index contributed by atoms with van der Waals surface area (Å²) in [5.74, 6) is 1.60. The Hall–Kier alpha value is -1.51. The number of nitrogens with zero attached hydrogens (tertiary/aromatic N) is 1. The van der Waals surface area contributed by atoms with E-state index in [-0.39, 0.29) is 5.41 Å². The number of nitrogens with one attached hydrogen (secondary N) is 2. The average molecular weight is 299 g/mol. The van der Waals surface area contributed by atoms with Crippen molar-refractivity contribution in [2.75, 3.05) is 19.6 Å². The fraction of sp³-hybridized carbons (Fsp3) is 0.632. The normalized spacial score (nSPS) is 20.6. The lowest BCUT2D eigenvalue weighted by atomic mass is 9.78. The molecule has 0 atom stereocenters. The van der Waals surface area contributed by atoms with E-state index in [2.05, 4.69) is 53.7 Å². The summed E-state index contributed by atoms with van der Waals surface area (Å²) in [5, 5.41) is 6.95. The highest BCUT2D eigenvalue weighted by Crippen LogP contribution is 2.41. The van der Waals surface area contributed by atoms with Crippen molar-refractivity contribution in [3.63, 3.8) is 0 Å². The molecule has 1 aromatic carbocycles. The van der Waals surface area contributed by atoms with Crippen molar-refractivity contribution in [1.29, 1.82) is 0 Å². The zero-order valence-corrected chi connectivity index (χ0v) is 14.0. The molecular weight excluding hydrogens is 270 g/mol. The van der Waals surface area contributed by atoms with Gasteiger partial charge in [-0.25, -0.2) is 0 Å². The first-order valence-corrected chi connectivity index (χ1v) is 8.82. The number of aliphatic imine (C=N–C) groups is 1. The molecule has 22 heavy (non-hydrogen) atoms. The Balaban J connectivity index is 1.74. The lowest BCUT2D eigenvalue weighted by Gasteiger charge is -2.31.